The Morgan fingerprint density at radius 3 is 2.57 bits per heavy atom. The van der Waals surface area contributed by atoms with Gasteiger partial charge < -0.3 is 9.47 Å². The summed E-state index contributed by atoms with van der Waals surface area (Å²) in [5.41, 5.74) is 4.99. The first-order valence-corrected chi connectivity index (χ1v) is 9.58. The van der Waals surface area contributed by atoms with Crippen LogP contribution < -0.4 is 9.47 Å². The predicted octanol–water partition coefficient (Wildman–Crippen LogP) is 6.95. The minimum atomic E-state index is 0.340. The predicted molar refractivity (Wildman–Crippen MR) is 117 cm³/mol. The van der Waals surface area contributed by atoms with Crippen LogP contribution in [0.1, 0.15) is 22.3 Å². The Morgan fingerprint density at radius 1 is 1.00 bits per heavy atom. The molecule has 5 heteroatoms. The third kappa shape index (κ3) is 5.06. The normalized spacial score (nSPS) is 11.0. The van der Waals surface area contributed by atoms with E-state index < -0.39 is 0 Å². The van der Waals surface area contributed by atoms with E-state index in [2.05, 4.69) is 17.1 Å². The Balaban J connectivity index is 1.83. The highest BCUT2D eigenvalue weighted by Gasteiger charge is 2.12. The fraction of sp³-hybridized carbons (Fsp3) is 0.174. The summed E-state index contributed by atoms with van der Waals surface area (Å²) in [6.07, 6.45) is 1.77. The molecular formula is C23H21Cl2NO2. The molecule has 0 atom stereocenters. The average Bonchev–Trinajstić information content (AvgIpc) is 2.67. The standard InChI is InChI=1S/C23H21Cl2NO2/c1-15-7-8-16(2)21(9-15)26-13-18-11-20(25)23(22(12-18)27-3)28-14-17-5-4-6-19(24)10-17/h4-13H,14H2,1-3H3. The highest BCUT2D eigenvalue weighted by atomic mass is 35.5. The zero-order valence-corrected chi connectivity index (χ0v) is 17.5. The molecule has 0 aliphatic carbocycles. The zero-order chi connectivity index (χ0) is 20.1. The first kappa shape index (κ1) is 20.2. The molecule has 0 aliphatic heterocycles. The Bertz CT molecular complexity index is 1020. The molecule has 28 heavy (non-hydrogen) atoms. The lowest BCUT2D eigenvalue weighted by molar-refractivity contribution is 0.284. The van der Waals surface area contributed by atoms with Gasteiger partial charge in [0.2, 0.25) is 0 Å². The summed E-state index contributed by atoms with van der Waals surface area (Å²) in [4.78, 5) is 4.59. The maximum Gasteiger partial charge on any atom is 0.180 e. The molecule has 3 rings (SSSR count). The molecule has 3 nitrogen and oxygen atoms in total. The molecule has 0 radical (unpaired) electrons. The molecule has 0 bridgehead atoms. The molecule has 0 heterocycles. The Morgan fingerprint density at radius 2 is 1.82 bits per heavy atom. The van der Waals surface area contributed by atoms with Crippen LogP contribution in [-0.2, 0) is 6.61 Å². The van der Waals surface area contributed by atoms with Crippen molar-refractivity contribution in [1.82, 2.24) is 0 Å². The highest BCUT2D eigenvalue weighted by molar-refractivity contribution is 6.32. The second kappa shape index (κ2) is 9.13. The summed E-state index contributed by atoms with van der Waals surface area (Å²) in [5.74, 6) is 1.05. The van der Waals surface area contributed by atoms with Crippen LogP contribution in [-0.4, -0.2) is 13.3 Å². The number of ether oxygens (including phenoxy) is 2. The minimum absolute atomic E-state index is 0.340. The number of methoxy groups -OCH3 is 1. The van der Waals surface area contributed by atoms with E-state index in [1.807, 2.05) is 56.3 Å². The van der Waals surface area contributed by atoms with Gasteiger partial charge in [0.1, 0.15) is 6.61 Å². The van der Waals surface area contributed by atoms with Crippen LogP contribution in [0.4, 0.5) is 5.69 Å². The largest absolute Gasteiger partial charge is 0.493 e. The van der Waals surface area contributed by atoms with Crippen LogP contribution in [0.25, 0.3) is 0 Å². The monoisotopic (exact) mass is 413 g/mol. The SMILES string of the molecule is COc1cc(C=Nc2cc(C)ccc2C)cc(Cl)c1OCc1cccc(Cl)c1. The van der Waals surface area contributed by atoms with Gasteiger partial charge in [0.25, 0.3) is 0 Å². The molecule has 3 aromatic rings. The van der Waals surface area contributed by atoms with Crippen LogP contribution >= 0.6 is 23.2 Å². The number of nitrogens with zero attached hydrogens (tertiary/aromatic N) is 1. The van der Waals surface area contributed by atoms with E-state index in [1.54, 1.807) is 13.3 Å². The summed E-state index contributed by atoms with van der Waals surface area (Å²) >= 11 is 12.5. The number of rotatable bonds is 6. The number of halogens is 2. The average molecular weight is 414 g/mol. The number of benzene rings is 3. The van der Waals surface area contributed by atoms with Gasteiger partial charge in [-0.1, -0.05) is 47.5 Å². The fourth-order valence-corrected chi connectivity index (χ4v) is 3.23. The highest BCUT2D eigenvalue weighted by Crippen LogP contribution is 2.37. The van der Waals surface area contributed by atoms with Crippen molar-refractivity contribution in [2.24, 2.45) is 4.99 Å². The van der Waals surface area contributed by atoms with E-state index in [4.69, 9.17) is 32.7 Å². The van der Waals surface area contributed by atoms with Crippen molar-refractivity contribution < 1.29 is 9.47 Å². The van der Waals surface area contributed by atoms with Gasteiger partial charge in [-0.2, -0.15) is 0 Å². The van der Waals surface area contributed by atoms with Gasteiger partial charge in [0.05, 0.1) is 17.8 Å². The van der Waals surface area contributed by atoms with Gasteiger partial charge in [0.15, 0.2) is 11.5 Å². The summed E-state index contributed by atoms with van der Waals surface area (Å²) in [5, 5.41) is 1.13. The molecule has 3 aromatic carbocycles. The van der Waals surface area contributed by atoms with Gasteiger partial charge >= 0.3 is 0 Å². The maximum absolute atomic E-state index is 6.46. The summed E-state index contributed by atoms with van der Waals surface area (Å²) < 4.78 is 11.4. The Labute approximate surface area is 175 Å². The lowest BCUT2D eigenvalue weighted by Crippen LogP contribution is -1.99. The van der Waals surface area contributed by atoms with E-state index in [1.165, 1.54) is 0 Å². The lowest BCUT2D eigenvalue weighted by Gasteiger charge is -2.13. The van der Waals surface area contributed by atoms with Gasteiger partial charge in [-0.3, -0.25) is 4.99 Å². The Kier molecular flexibility index (Phi) is 6.61. The molecule has 144 valence electrons. The molecule has 0 amide bonds. The summed E-state index contributed by atoms with van der Waals surface area (Å²) in [7, 11) is 1.59. The van der Waals surface area contributed by atoms with Crippen LogP contribution in [0.3, 0.4) is 0 Å². The number of aliphatic imine (C=N–C) groups is 1. The molecule has 0 N–H and O–H groups in total. The molecule has 0 fully saturated rings. The van der Waals surface area contributed by atoms with E-state index in [-0.39, 0.29) is 0 Å². The van der Waals surface area contributed by atoms with Crippen LogP contribution in [0.15, 0.2) is 59.6 Å². The van der Waals surface area contributed by atoms with E-state index in [0.29, 0.717) is 28.2 Å². The summed E-state index contributed by atoms with van der Waals surface area (Å²) in [6.45, 7) is 4.42. The lowest BCUT2D eigenvalue weighted by atomic mass is 10.1. The van der Waals surface area contributed by atoms with E-state index >= 15 is 0 Å². The maximum atomic E-state index is 6.46. The first-order chi connectivity index (χ1) is 13.5. The van der Waals surface area contributed by atoms with Crippen molar-refractivity contribution in [3.8, 4) is 11.5 Å². The van der Waals surface area contributed by atoms with Crippen molar-refractivity contribution in [3.63, 3.8) is 0 Å². The molecule has 0 aromatic heterocycles. The van der Waals surface area contributed by atoms with Crippen molar-refractivity contribution in [3.05, 3.63) is 86.9 Å². The van der Waals surface area contributed by atoms with Crippen molar-refractivity contribution in [2.75, 3.05) is 7.11 Å². The van der Waals surface area contributed by atoms with Crippen molar-refractivity contribution in [2.45, 2.75) is 20.5 Å². The van der Waals surface area contributed by atoms with Gasteiger partial charge in [0, 0.05) is 11.2 Å². The first-order valence-electron chi connectivity index (χ1n) is 8.82. The fourth-order valence-electron chi connectivity index (χ4n) is 2.74. The van der Waals surface area contributed by atoms with Gasteiger partial charge in [-0.05, 0) is 66.4 Å². The third-order valence-corrected chi connectivity index (χ3v) is 4.76. The molecule has 0 saturated carbocycles. The number of aryl methyl sites for hydroxylation is 2. The van der Waals surface area contributed by atoms with Gasteiger partial charge in [-0.15, -0.1) is 0 Å². The summed E-state index contributed by atoms with van der Waals surface area (Å²) in [6, 6.07) is 17.3. The van der Waals surface area contributed by atoms with Crippen LogP contribution in [0.2, 0.25) is 10.0 Å². The quantitative estimate of drug-likeness (QED) is 0.409. The second-order valence-corrected chi connectivity index (χ2v) is 7.34. The van der Waals surface area contributed by atoms with E-state index in [9.17, 15) is 0 Å². The number of hydrogen-bond donors (Lipinski definition) is 0. The smallest absolute Gasteiger partial charge is 0.180 e. The molecule has 0 spiro atoms. The minimum Gasteiger partial charge on any atom is -0.493 e. The molecular weight excluding hydrogens is 393 g/mol. The second-order valence-electron chi connectivity index (χ2n) is 6.50. The van der Waals surface area contributed by atoms with Crippen LogP contribution in [0.5, 0.6) is 11.5 Å². The topological polar surface area (TPSA) is 30.8 Å². The van der Waals surface area contributed by atoms with Gasteiger partial charge in [-0.25, -0.2) is 0 Å². The van der Waals surface area contributed by atoms with Crippen molar-refractivity contribution >= 4 is 35.1 Å². The van der Waals surface area contributed by atoms with E-state index in [0.717, 1.165) is 27.9 Å². The van der Waals surface area contributed by atoms with Crippen LogP contribution in [0, 0.1) is 13.8 Å². The zero-order valence-electron chi connectivity index (χ0n) is 16.0. The third-order valence-electron chi connectivity index (χ3n) is 4.24. The molecule has 0 aliphatic rings. The van der Waals surface area contributed by atoms with Crippen molar-refractivity contribution in [1.29, 1.82) is 0 Å². The Hall–Kier alpha value is -2.49. The number of hydrogen-bond acceptors (Lipinski definition) is 3. The molecule has 0 saturated heterocycles. The molecule has 0 unspecified atom stereocenters.